The average Bonchev–Trinajstić information content (AvgIpc) is 3.16. The van der Waals surface area contributed by atoms with Crippen LogP contribution < -0.4 is 14.8 Å². The minimum absolute atomic E-state index is 0. The average molecular weight is 532 g/mol. The molecular formula is C22H37IN4O3. The number of aliphatic imine (C=N–C) groups is 1. The Kier molecular flexibility index (Phi) is 11.9. The molecule has 0 saturated carbocycles. The third kappa shape index (κ3) is 7.21. The maximum absolute atomic E-state index is 12.0. The number of halogens is 1. The van der Waals surface area contributed by atoms with Gasteiger partial charge < -0.3 is 24.6 Å². The summed E-state index contributed by atoms with van der Waals surface area (Å²) in [6.07, 6.45) is 3.52. The fourth-order valence-electron chi connectivity index (χ4n) is 3.74. The Hall–Kier alpha value is -1.71. The predicted octanol–water partition coefficient (Wildman–Crippen LogP) is 3.51. The summed E-state index contributed by atoms with van der Waals surface area (Å²) >= 11 is 0. The largest absolute Gasteiger partial charge is 0.497 e. The van der Waals surface area contributed by atoms with Crippen molar-refractivity contribution < 1.29 is 14.3 Å². The number of nitrogens with zero attached hydrogens (tertiary/aromatic N) is 3. The first-order chi connectivity index (χ1) is 14.0. The van der Waals surface area contributed by atoms with E-state index in [0.29, 0.717) is 19.5 Å². The van der Waals surface area contributed by atoms with Crippen molar-refractivity contribution >= 4 is 35.8 Å². The molecule has 0 aromatic heterocycles. The molecule has 0 spiro atoms. The summed E-state index contributed by atoms with van der Waals surface area (Å²) in [6.45, 7) is 7.25. The molecule has 1 heterocycles. The second-order valence-electron chi connectivity index (χ2n) is 7.31. The van der Waals surface area contributed by atoms with Gasteiger partial charge >= 0.3 is 0 Å². The highest BCUT2D eigenvalue weighted by molar-refractivity contribution is 14.0. The number of carbonyl (C=O) groups excluding carboxylic acids is 1. The molecule has 30 heavy (non-hydrogen) atoms. The number of carbonyl (C=O) groups is 1. The standard InChI is InChI=1S/C22H36N4O3.HI/c1-6-18(26-14-8-9-21(26)27)12-13-24-22(23-7-2)25(3)16-17-10-11-19(28-4)15-20(17)29-5;/h10-11,15,18H,6-9,12-14,16H2,1-5H3,(H,23,24);1H. The quantitative estimate of drug-likeness (QED) is 0.284. The van der Waals surface area contributed by atoms with Gasteiger partial charge in [0.05, 0.1) is 14.2 Å². The van der Waals surface area contributed by atoms with Crippen LogP contribution in [-0.2, 0) is 11.3 Å². The lowest BCUT2D eigenvalue weighted by Crippen LogP contribution is -2.39. The molecule has 1 saturated heterocycles. The zero-order valence-corrected chi connectivity index (χ0v) is 21.3. The van der Waals surface area contributed by atoms with Gasteiger partial charge in [0.25, 0.3) is 0 Å². The molecule has 0 bridgehead atoms. The summed E-state index contributed by atoms with van der Waals surface area (Å²) in [4.78, 5) is 21.0. The highest BCUT2D eigenvalue weighted by Gasteiger charge is 2.26. The van der Waals surface area contributed by atoms with E-state index in [0.717, 1.165) is 55.4 Å². The maximum Gasteiger partial charge on any atom is 0.222 e. The Bertz CT molecular complexity index is 699. The van der Waals surface area contributed by atoms with Gasteiger partial charge in [0.15, 0.2) is 5.96 Å². The molecule has 8 heteroatoms. The normalized spacial score (nSPS) is 14.9. The number of methoxy groups -OCH3 is 2. The van der Waals surface area contributed by atoms with Crippen molar-refractivity contribution in [3.8, 4) is 11.5 Å². The van der Waals surface area contributed by atoms with Gasteiger partial charge in [-0.1, -0.05) is 6.92 Å². The second-order valence-corrected chi connectivity index (χ2v) is 7.31. The van der Waals surface area contributed by atoms with E-state index in [-0.39, 0.29) is 35.9 Å². The molecule has 0 radical (unpaired) electrons. The molecule has 1 fully saturated rings. The van der Waals surface area contributed by atoms with Crippen molar-refractivity contribution in [2.45, 2.75) is 52.1 Å². The third-order valence-electron chi connectivity index (χ3n) is 5.34. The topological polar surface area (TPSA) is 66.4 Å². The monoisotopic (exact) mass is 532 g/mol. The number of benzene rings is 1. The first-order valence-electron chi connectivity index (χ1n) is 10.5. The lowest BCUT2D eigenvalue weighted by Gasteiger charge is -2.27. The highest BCUT2D eigenvalue weighted by Crippen LogP contribution is 2.25. The number of hydrogen-bond acceptors (Lipinski definition) is 4. The van der Waals surface area contributed by atoms with Crippen molar-refractivity contribution in [2.24, 2.45) is 4.99 Å². The smallest absolute Gasteiger partial charge is 0.222 e. The van der Waals surface area contributed by atoms with E-state index in [1.54, 1.807) is 14.2 Å². The summed E-state index contributed by atoms with van der Waals surface area (Å²) < 4.78 is 10.8. The van der Waals surface area contributed by atoms with Gasteiger partial charge in [-0.2, -0.15) is 0 Å². The molecule has 1 aliphatic rings. The fourth-order valence-corrected chi connectivity index (χ4v) is 3.74. The van der Waals surface area contributed by atoms with E-state index in [4.69, 9.17) is 14.5 Å². The van der Waals surface area contributed by atoms with Gasteiger partial charge in [0.1, 0.15) is 11.5 Å². The van der Waals surface area contributed by atoms with Gasteiger partial charge in [0.2, 0.25) is 5.91 Å². The van der Waals surface area contributed by atoms with Crippen molar-refractivity contribution in [2.75, 3.05) is 40.9 Å². The van der Waals surface area contributed by atoms with Crippen LogP contribution in [-0.4, -0.2) is 68.6 Å². The number of nitrogens with one attached hydrogen (secondary N) is 1. The van der Waals surface area contributed by atoms with Gasteiger partial charge in [-0.25, -0.2) is 0 Å². The number of guanidine groups is 1. The van der Waals surface area contributed by atoms with E-state index in [1.165, 1.54) is 0 Å². The molecule has 170 valence electrons. The summed E-state index contributed by atoms with van der Waals surface area (Å²) in [5.41, 5.74) is 1.07. The van der Waals surface area contributed by atoms with Crippen molar-refractivity contribution in [1.82, 2.24) is 15.1 Å². The van der Waals surface area contributed by atoms with Gasteiger partial charge in [-0.05, 0) is 38.3 Å². The molecule has 0 aliphatic carbocycles. The molecule has 7 nitrogen and oxygen atoms in total. The lowest BCUT2D eigenvalue weighted by molar-refractivity contribution is -0.129. The van der Waals surface area contributed by atoms with Crippen LogP contribution in [0.2, 0.25) is 0 Å². The summed E-state index contributed by atoms with van der Waals surface area (Å²) in [5, 5.41) is 3.36. The molecular weight excluding hydrogens is 495 g/mol. The third-order valence-corrected chi connectivity index (χ3v) is 5.34. The van der Waals surface area contributed by atoms with Crippen molar-refractivity contribution in [3.63, 3.8) is 0 Å². The molecule has 1 aromatic carbocycles. The number of rotatable bonds is 10. The molecule has 1 N–H and O–H groups in total. The van der Waals surface area contributed by atoms with Crippen LogP contribution in [0, 0.1) is 0 Å². The Morgan fingerprint density at radius 3 is 2.63 bits per heavy atom. The fraction of sp³-hybridized carbons (Fsp3) is 0.636. The van der Waals surface area contributed by atoms with Gasteiger partial charge in [0, 0.05) is 57.3 Å². The Balaban J connectivity index is 0.00000450. The minimum atomic E-state index is 0. The number of amides is 1. The van der Waals surface area contributed by atoms with E-state index >= 15 is 0 Å². The number of likely N-dealkylation sites (tertiary alicyclic amines) is 1. The van der Waals surface area contributed by atoms with E-state index in [9.17, 15) is 4.79 Å². The molecule has 1 aromatic rings. The Morgan fingerprint density at radius 1 is 1.30 bits per heavy atom. The lowest BCUT2D eigenvalue weighted by atomic mass is 10.1. The van der Waals surface area contributed by atoms with Crippen LogP contribution >= 0.6 is 24.0 Å². The molecule has 2 rings (SSSR count). The van der Waals surface area contributed by atoms with Crippen molar-refractivity contribution in [3.05, 3.63) is 23.8 Å². The Labute approximate surface area is 198 Å². The summed E-state index contributed by atoms with van der Waals surface area (Å²) in [6, 6.07) is 6.13. The van der Waals surface area contributed by atoms with E-state index < -0.39 is 0 Å². The van der Waals surface area contributed by atoms with E-state index in [2.05, 4.69) is 24.1 Å². The number of ether oxygens (including phenoxy) is 2. The molecule has 1 unspecified atom stereocenters. The molecule has 1 aliphatic heterocycles. The van der Waals surface area contributed by atoms with E-state index in [1.807, 2.05) is 30.1 Å². The zero-order valence-electron chi connectivity index (χ0n) is 18.9. The first kappa shape index (κ1) is 26.3. The summed E-state index contributed by atoms with van der Waals surface area (Å²) in [5.74, 6) is 2.71. The highest BCUT2D eigenvalue weighted by atomic mass is 127. The second kappa shape index (κ2) is 13.6. The Morgan fingerprint density at radius 2 is 2.07 bits per heavy atom. The zero-order chi connectivity index (χ0) is 21.2. The molecule has 1 atom stereocenters. The van der Waals surface area contributed by atoms with Crippen LogP contribution in [0.3, 0.4) is 0 Å². The van der Waals surface area contributed by atoms with Crippen LogP contribution in [0.25, 0.3) is 0 Å². The van der Waals surface area contributed by atoms with Crippen molar-refractivity contribution in [1.29, 1.82) is 0 Å². The van der Waals surface area contributed by atoms with Crippen LogP contribution in [0.4, 0.5) is 0 Å². The van der Waals surface area contributed by atoms with Crippen LogP contribution in [0.5, 0.6) is 11.5 Å². The minimum Gasteiger partial charge on any atom is -0.497 e. The maximum atomic E-state index is 12.0. The summed E-state index contributed by atoms with van der Waals surface area (Å²) in [7, 11) is 5.34. The van der Waals surface area contributed by atoms with Gasteiger partial charge in [-0.15, -0.1) is 24.0 Å². The SMILES string of the molecule is CCNC(=NCCC(CC)N1CCCC1=O)N(C)Cc1ccc(OC)cc1OC.I. The first-order valence-corrected chi connectivity index (χ1v) is 10.5. The molecule has 1 amide bonds. The van der Waals surface area contributed by atoms with Crippen LogP contribution in [0.15, 0.2) is 23.2 Å². The van der Waals surface area contributed by atoms with Crippen LogP contribution in [0.1, 0.15) is 45.1 Å². The predicted molar refractivity (Wildman–Crippen MR) is 132 cm³/mol. The van der Waals surface area contributed by atoms with Gasteiger partial charge in [-0.3, -0.25) is 9.79 Å². The number of hydrogen-bond donors (Lipinski definition) is 1.